The third-order valence-corrected chi connectivity index (χ3v) is 0. The van der Waals surface area contributed by atoms with E-state index in [1.54, 1.807) is 0 Å². The summed E-state index contributed by atoms with van der Waals surface area (Å²) in [5, 5.41) is 0. The molecule has 25 valence electrons. The molecule has 0 aliphatic heterocycles. The summed E-state index contributed by atoms with van der Waals surface area (Å²) in [5.74, 6) is 0. The standard InChI is InChI=1S/C2H3.Fe.O/c1-2;;/h1H,2H2;;/q;+2;-2. The van der Waals surface area contributed by atoms with Gasteiger partial charge in [-0.3, -0.25) is 0 Å². The Balaban J connectivity index is 0. The van der Waals surface area contributed by atoms with E-state index in [0.717, 1.165) is 0 Å². The fourth-order valence-corrected chi connectivity index (χ4v) is 0. The van der Waals surface area contributed by atoms with E-state index in [1.165, 1.54) is 4.97 Å². The van der Waals surface area contributed by atoms with E-state index in [-0.39, 0.29) is 5.48 Å². The van der Waals surface area contributed by atoms with Gasteiger partial charge in [0.05, 0.1) is 0 Å². The van der Waals surface area contributed by atoms with Gasteiger partial charge >= 0.3 is 27.6 Å². The summed E-state index contributed by atoms with van der Waals surface area (Å²) in [5.41, 5.74) is 0. The van der Waals surface area contributed by atoms with Crippen LogP contribution in [-0.2, 0) is 21.5 Å². The van der Waals surface area contributed by atoms with Gasteiger partial charge in [-0.05, 0) is 0 Å². The molecule has 4 heavy (non-hydrogen) atoms. The van der Waals surface area contributed by atoms with Crippen LogP contribution >= 0.6 is 0 Å². The Kier molecular flexibility index (Phi) is 23.7. The van der Waals surface area contributed by atoms with Crippen molar-refractivity contribution in [1.82, 2.24) is 0 Å². The molecule has 2 heteroatoms. The van der Waals surface area contributed by atoms with Gasteiger partial charge in [0.25, 0.3) is 0 Å². The van der Waals surface area contributed by atoms with Gasteiger partial charge in [-0.1, -0.05) is 0 Å². The van der Waals surface area contributed by atoms with Crippen molar-refractivity contribution in [2.75, 3.05) is 0 Å². The second-order valence-electron chi connectivity index (χ2n) is 0.144. The van der Waals surface area contributed by atoms with Crippen molar-refractivity contribution >= 4 is 0 Å². The van der Waals surface area contributed by atoms with Crippen molar-refractivity contribution in [2.24, 2.45) is 0 Å². The number of rotatable bonds is 0. The Morgan fingerprint density at radius 2 is 1.75 bits per heavy atom. The summed E-state index contributed by atoms with van der Waals surface area (Å²) in [4.78, 5) is 1.50. The molecule has 0 saturated carbocycles. The molecular formula is C2H3FeO. The van der Waals surface area contributed by atoms with Crippen LogP contribution in [0.3, 0.4) is 0 Å². The van der Waals surface area contributed by atoms with E-state index >= 15 is 0 Å². The molecule has 0 rings (SSSR count). The van der Waals surface area contributed by atoms with Gasteiger partial charge in [0.1, 0.15) is 0 Å². The van der Waals surface area contributed by atoms with E-state index in [4.69, 9.17) is 0 Å². The molecule has 0 unspecified atom stereocenters. The molecule has 0 spiro atoms. The summed E-state index contributed by atoms with van der Waals surface area (Å²) in [6.45, 7) is 3.25. The van der Waals surface area contributed by atoms with Crippen LogP contribution in [0.4, 0.5) is 0 Å². The Labute approximate surface area is 33.8 Å². The normalized spacial score (nSPS) is 3.00. The monoisotopic (exact) mass is 99.0 g/mol. The van der Waals surface area contributed by atoms with E-state index in [9.17, 15) is 0 Å². The van der Waals surface area contributed by atoms with Crippen LogP contribution in [0.2, 0.25) is 0 Å². The van der Waals surface area contributed by atoms with E-state index in [0.29, 0.717) is 0 Å². The van der Waals surface area contributed by atoms with Crippen molar-refractivity contribution < 1.29 is 21.5 Å². The summed E-state index contributed by atoms with van der Waals surface area (Å²) in [7, 11) is 0. The summed E-state index contributed by atoms with van der Waals surface area (Å²) >= 11 is 3.25. The van der Waals surface area contributed by atoms with Crippen LogP contribution in [0.15, 0.2) is 11.6 Å². The van der Waals surface area contributed by atoms with Crippen LogP contribution in [0.5, 0.6) is 0 Å². The molecule has 0 atom stereocenters. The predicted molar refractivity (Wildman–Crippen MR) is 10.9 cm³/mol. The smallest absolute Gasteiger partial charge is 2.00 e. The van der Waals surface area contributed by atoms with Crippen LogP contribution < -0.4 is 0 Å². The first-order chi connectivity index (χ1) is 1.41. The Hall–Kier alpha value is 0.219. The maximum absolute atomic E-state index is 3.25. The molecule has 1 nitrogen and oxygen atoms in total. The minimum Gasteiger partial charge on any atom is -2.00 e. The first-order valence-corrected chi connectivity index (χ1v) is 1.25. The van der Waals surface area contributed by atoms with Crippen molar-refractivity contribution in [2.45, 2.75) is 0 Å². The Morgan fingerprint density at radius 3 is 1.75 bits per heavy atom. The van der Waals surface area contributed by atoms with Gasteiger partial charge in [0.15, 0.2) is 0 Å². The molecular weight excluding hydrogens is 95.9 g/mol. The second-order valence-corrected chi connectivity index (χ2v) is 0.595. The third kappa shape index (κ3) is 68.5. The molecule has 0 aliphatic carbocycles. The summed E-state index contributed by atoms with van der Waals surface area (Å²) < 4.78 is 0. The minimum absolute atomic E-state index is 0. The first kappa shape index (κ1) is 8.88. The molecule has 0 aromatic rings. The number of hydrogen-bond donors (Lipinski definition) is 0. The minimum atomic E-state index is 0. The molecule has 0 radical (unpaired) electrons. The number of hydrogen-bond acceptors (Lipinski definition) is 0. The van der Waals surface area contributed by atoms with Crippen molar-refractivity contribution in [3.8, 4) is 0 Å². The SMILES string of the molecule is C=[CH][Fe+2].[O-2]. The van der Waals surface area contributed by atoms with Crippen LogP contribution in [0, 0.1) is 0 Å². The molecule has 0 aromatic carbocycles. The molecule has 0 aromatic heterocycles. The summed E-state index contributed by atoms with van der Waals surface area (Å²) in [6, 6.07) is 0. The maximum Gasteiger partial charge on any atom is -2.00 e. The largest absolute Gasteiger partial charge is 2.00 e. The van der Waals surface area contributed by atoms with Gasteiger partial charge in [0, 0.05) is 0 Å². The molecule has 0 N–H and O–H groups in total. The van der Waals surface area contributed by atoms with Gasteiger partial charge < -0.3 is 5.48 Å². The molecule has 0 saturated heterocycles. The average molecular weight is 98.9 g/mol. The Bertz CT molecular complexity index is 13.5. The van der Waals surface area contributed by atoms with Crippen molar-refractivity contribution in [3.05, 3.63) is 11.6 Å². The molecule has 0 fully saturated rings. The summed E-state index contributed by atoms with van der Waals surface area (Å²) in [6.07, 6.45) is 0. The Morgan fingerprint density at radius 1 is 1.75 bits per heavy atom. The molecule has 0 aliphatic rings. The average Bonchev–Trinajstić information content (AvgIpc) is 0.918. The fraction of sp³-hybridized carbons (Fsp3) is 0. The maximum atomic E-state index is 3.25. The van der Waals surface area contributed by atoms with Gasteiger partial charge in [-0.2, -0.15) is 0 Å². The van der Waals surface area contributed by atoms with Gasteiger partial charge in [0.2, 0.25) is 0 Å². The zero-order valence-corrected chi connectivity index (χ0v) is 3.15. The quantitative estimate of drug-likeness (QED) is 0.397. The van der Waals surface area contributed by atoms with Crippen LogP contribution in [0.25, 0.3) is 0 Å². The van der Waals surface area contributed by atoms with Crippen molar-refractivity contribution in [3.63, 3.8) is 0 Å². The van der Waals surface area contributed by atoms with Gasteiger partial charge in [-0.15, -0.1) is 0 Å². The molecule has 0 amide bonds. The topological polar surface area (TPSA) is 28.5 Å². The van der Waals surface area contributed by atoms with E-state index < -0.39 is 0 Å². The van der Waals surface area contributed by atoms with Crippen LogP contribution in [0.1, 0.15) is 0 Å². The van der Waals surface area contributed by atoms with E-state index in [2.05, 4.69) is 22.6 Å². The van der Waals surface area contributed by atoms with E-state index in [1.807, 2.05) is 0 Å². The zero-order chi connectivity index (χ0) is 2.71. The van der Waals surface area contributed by atoms with Crippen molar-refractivity contribution in [1.29, 1.82) is 0 Å². The second kappa shape index (κ2) is 10.7. The predicted octanol–water partition coefficient (Wildman–Crippen LogP) is 0.558. The van der Waals surface area contributed by atoms with Crippen LogP contribution in [-0.4, -0.2) is 0 Å². The molecule has 0 bridgehead atoms. The van der Waals surface area contributed by atoms with Gasteiger partial charge in [-0.25, -0.2) is 0 Å². The molecule has 0 heterocycles. The first-order valence-electron chi connectivity index (χ1n) is 0.612. The zero-order valence-electron chi connectivity index (χ0n) is 2.05. The fourth-order valence-electron chi connectivity index (χ4n) is 0. The third-order valence-electron chi connectivity index (χ3n) is 0.